The number of aryl methyl sites for hydroxylation is 2. The molecular weight excluding hydrogens is 452 g/mol. The summed E-state index contributed by atoms with van der Waals surface area (Å²) in [5.74, 6) is 0. The Labute approximate surface area is 223 Å². The van der Waals surface area contributed by atoms with Crippen molar-refractivity contribution in [2.45, 2.75) is 100 Å². The van der Waals surface area contributed by atoms with Crippen molar-refractivity contribution in [2.24, 2.45) is 9.98 Å². The highest BCUT2D eigenvalue weighted by atomic mass is 14.8. The summed E-state index contributed by atoms with van der Waals surface area (Å²) >= 11 is 0. The van der Waals surface area contributed by atoms with Crippen LogP contribution in [0.5, 0.6) is 0 Å². The van der Waals surface area contributed by atoms with Gasteiger partial charge in [-0.15, -0.1) is 0 Å². The number of allylic oxidation sites excluding steroid dienone is 4. The minimum Gasteiger partial charge on any atom is -0.361 e. The molecule has 2 aliphatic rings. The summed E-state index contributed by atoms with van der Waals surface area (Å²) < 4.78 is 0. The van der Waals surface area contributed by atoms with Crippen LogP contribution in [0.2, 0.25) is 0 Å². The van der Waals surface area contributed by atoms with Crippen molar-refractivity contribution in [2.75, 3.05) is 0 Å². The number of aromatic nitrogens is 2. The number of rotatable bonds is 10. The highest BCUT2D eigenvalue weighted by Gasteiger charge is 2.20. The predicted octanol–water partition coefficient (Wildman–Crippen LogP) is 9.00. The number of aromatic amines is 2. The van der Waals surface area contributed by atoms with Crippen LogP contribution in [0.4, 0.5) is 0 Å². The Balaban J connectivity index is 1.35. The van der Waals surface area contributed by atoms with Crippen molar-refractivity contribution in [3.8, 4) is 0 Å². The highest BCUT2D eigenvalue weighted by molar-refractivity contribution is 6.04. The Kier molecular flexibility index (Phi) is 8.36. The standard InChI is InChI=1S/C33H44N4/c1-9-26-20(3)18-34-32(26)16-30-22(5)28(24(7)36-30)14-12-11-13-15-29-23(6)31(37-25(29)8)17-33-27(10-2)21(4)19-35-33/h16-19,34-35H,9-15H2,1-8H3/b30-16-,31-17+. The van der Waals surface area contributed by atoms with E-state index >= 15 is 0 Å². The van der Waals surface area contributed by atoms with Crippen LogP contribution in [0.3, 0.4) is 0 Å². The van der Waals surface area contributed by atoms with Gasteiger partial charge in [-0.05, 0) is 137 Å². The molecule has 4 heterocycles. The molecule has 2 N–H and O–H groups in total. The van der Waals surface area contributed by atoms with Gasteiger partial charge in [0.2, 0.25) is 0 Å². The Morgan fingerprint density at radius 1 is 0.622 bits per heavy atom. The molecule has 4 nitrogen and oxygen atoms in total. The highest BCUT2D eigenvalue weighted by Crippen LogP contribution is 2.33. The minimum atomic E-state index is 1.04. The second-order valence-corrected chi connectivity index (χ2v) is 10.7. The van der Waals surface area contributed by atoms with Gasteiger partial charge in [0.25, 0.3) is 0 Å². The van der Waals surface area contributed by atoms with Crippen LogP contribution in [0.1, 0.15) is 107 Å². The van der Waals surface area contributed by atoms with Crippen molar-refractivity contribution in [3.63, 3.8) is 0 Å². The van der Waals surface area contributed by atoms with Crippen molar-refractivity contribution in [1.29, 1.82) is 0 Å². The van der Waals surface area contributed by atoms with Crippen molar-refractivity contribution < 1.29 is 0 Å². The average Bonchev–Trinajstić information content (AvgIpc) is 3.56. The van der Waals surface area contributed by atoms with Crippen LogP contribution in [0, 0.1) is 13.8 Å². The number of H-pyrrole nitrogens is 2. The van der Waals surface area contributed by atoms with Crippen molar-refractivity contribution in [3.05, 3.63) is 79.7 Å². The summed E-state index contributed by atoms with van der Waals surface area (Å²) in [6, 6.07) is 0. The Morgan fingerprint density at radius 3 is 1.41 bits per heavy atom. The van der Waals surface area contributed by atoms with Crippen LogP contribution < -0.4 is 0 Å². The third kappa shape index (κ3) is 5.58. The SMILES string of the molecule is CCc1c(C)c[nH]c1/C=C1\N=C(C)C(CCCCCC2=C(C)/C(=C\c3[nH]cc(C)c3CC)N=C2C)=C1C. The van der Waals surface area contributed by atoms with E-state index in [0.717, 1.165) is 37.1 Å². The zero-order chi connectivity index (χ0) is 26.7. The maximum Gasteiger partial charge on any atom is 0.0686 e. The Hall–Kier alpha value is -3.14. The first-order chi connectivity index (χ1) is 17.7. The van der Waals surface area contributed by atoms with Gasteiger partial charge in [-0.2, -0.15) is 0 Å². The topological polar surface area (TPSA) is 56.3 Å². The third-order valence-electron chi connectivity index (χ3n) is 8.24. The quantitative estimate of drug-likeness (QED) is 0.308. The van der Waals surface area contributed by atoms with Crippen molar-refractivity contribution in [1.82, 2.24) is 9.97 Å². The molecule has 2 aliphatic heterocycles. The number of unbranched alkanes of at least 4 members (excludes halogenated alkanes) is 2. The van der Waals surface area contributed by atoms with Gasteiger partial charge in [0.15, 0.2) is 0 Å². The van der Waals surface area contributed by atoms with Gasteiger partial charge in [-0.1, -0.05) is 20.3 Å². The molecule has 0 saturated carbocycles. The summed E-state index contributed by atoms with van der Waals surface area (Å²) in [7, 11) is 0. The number of nitrogens with zero attached hydrogens (tertiary/aromatic N) is 2. The zero-order valence-corrected chi connectivity index (χ0v) is 24.2. The second-order valence-electron chi connectivity index (χ2n) is 10.7. The largest absolute Gasteiger partial charge is 0.361 e. The lowest BCUT2D eigenvalue weighted by Crippen LogP contribution is -1.97. The maximum atomic E-state index is 4.92. The molecule has 0 atom stereocenters. The van der Waals surface area contributed by atoms with Gasteiger partial charge < -0.3 is 9.97 Å². The smallest absolute Gasteiger partial charge is 0.0686 e. The van der Waals surface area contributed by atoms with E-state index in [2.05, 4.69) is 89.9 Å². The molecule has 4 heteroatoms. The van der Waals surface area contributed by atoms with E-state index in [4.69, 9.17) is 9.98 Å². The molecule has 0 saturated heterocycles. The van der Waals surface area contributed by atoms with Crippen molar-refractivity contribution >= 4 is 23.6 Å². The van der Waals surface area contributed by atoms with Gasteiger partial charge in [-0.3, -0.25) is 9.98 Å². The molecule has 4 rings (SSSR count). The monoisotopic (exact) mass is 496 g/mol. The number of hydrogen-bond acceptors (Lipinski definition) is 2. The van der Waals surface area contributed by atoms with E-state index in [0.29, 0.717) is 0 Å². The summed E-state index contributed by atoms with van der Waals surface area (Å²) in [6.07, 6.45) is 16.6. The Bertz CT molecular complexity index is 1260. The molecule has 0 amide bonds. The molecule has 37 heavy (non-hydrogen) atoms. The van der Waals surface area contributed by atoms with E-state index in [1.165, 1.54) is 86.6 Å². The molecule has 0 radical (unpaired) electrons. The van der Waals surface area contributed by atoms with Gasteiger partial charge in [0.1, 0.15) is 0 Å². The summed E-state index contributed by atoms with van der Waals surface area (Å²) in [4.78, 5) is 16.7. The van der Waals surface area contributed by atoms with Crippen LogP contribution >= 0.6 is 0 Å². The number of nitrogens with one attached hydrogen (secondary N) is 2. The molecule has 2 aromatic rings. The minimum absolute atomic E-state index is 1.04. The maximum absolute atomic E-state index is 4.92. The lowest BCUT2D eigenvalue weighted by molar-refractivity contribution is 0.684. The van der Waals surface area contributed by atoms with E-state index in [9.17, 15) is 0 Å². The van der Waals surface area contributed by atoms with E-state index in [1.54, 1.807) is 0 Å². The van der Waals surface area contributed by atoms with E-state index in [-0.39, 0.29) is 0 Å². The van der Waals surface area contributed by atoms with Gasteiger partial charge in [0.05, 0.1) is 11.4 Å². The fourth-order valence-corrected chi connectivity index (χ4v) is 5.93. The lowest BCUT2D eigenvalue weighted by Gasteiger charge is -2.07. The van der Waals surface area contributed by atoms with Crippen LogP contribution in [0.15, 0.2) is 56.1 Å². The molecule has 196 valence electrons. The first-order valence-electron chi connectivity index (χ1n) is 14.0. The molecule has 0 bridgehead atoms. The first kappa shape index (κ1) is 26.9. The van der Waals surface area contributed by atoms with Crippen LogP contribution in [0.25, 0.3) is 12.2 Å². The third-order valence-corrected chi connectivity index (χ3v) is 8.24. The number of hydrogen-bond donors (Lipinski definition) is 2. The number of aliphatic imine (C=N–C) groups is 2. The predicted molar refractivity (Wildman–Crippen MR) is 160 cm³/mol. The molecule has 0 unspecified atom stereocenters. The van der Waals surface area contributed by atoms with Gasteiger partial charge >= 0.3 is 0 Å². The molecule has 2 aromatic heterocycles. The molecule has 0 fully saturated rings. The first-order valence-corrected chi connectivity index (χ1v) is 14.0. The lowest BCUT2D eigenvalue weighted by atomic mass is 9.96. The fourth-order valence-electron chi connectivity index (χ4n) is 5.93. The molecular formula is C33H44N4. The van der Waals surface area contributed by atoms with Crippen LogP contribution in [-0.2, 0) is 12.8 Å². The van der Waals surface area contributed by atoms with Gasteiger partial charge in [-0.25, -0.2) is 0 Å². The van der Waals surface area contributed by atoms with E-state index in [1.807, 2.05) is 0 Å². The van der Waals surface area contributed by atoms with Crippen LogP contribution in [-0.4, -0.2) is 21.4 Å². The summed E-state index contributed by atoms with van der Waals surface area (Å²) in [5.41, 5.74) is 18.0. The molecule has 0 aromatic carbocycles. The van der Waals surface area contributed by atoms with Gasteiger partial charge in [0, 0.05) is 35.2 Å². The molecule has 0 spiro atoms. The summed E-state index contributed by atoms with van der Waals surface area (Å²) in [6.45, 7) is 17.6. The fraction of sp³-hybridized carbons (Fsp3) is 0.455. The summed E-state index contributed by atoms with van der Waals surface area (Å²) in [5, 5.41) is 0. The normalized spacial score (nSPS) is 18.2. The second kappa shape index (κ2) is 11.5. The zero-order valence-electron chi connectivity index (χ0n) is 24.2. The molecule has 0 aliphatic carbocycles. The van der Waals surface area contributed by atoms with E-state index < -0.39 is 0 Å². The average molecular weight is 497 g/mol. The Morgan fingerprint density at radius 2 is 1.03 bits per heavy atom.